The Morgan fingerprint density at radius 3 is 2.96 bits per heavy atom. The lowest BCUT2D eigenvalue weighted by Gasteiger charge is -2.38. The number of fused-ring (bicyclic) bond motifs is 1. The average Bonchev–Trinajstić information content (AvgIpc) is 3.01. The zero-order chi connectivity index (χ0) is 17.1. The summed E-state index contributed by atoms with van der Waals surface area (Å²) in [5.41, 5.74) is 0.845. The van der Waals surface area contributed by atoms with E-state index in [4.69, 9.17) is 9.15 Å². The number of piperazine rings is 1. The van der Waals surface area contributed by atoms with Crippen LogP contribution >= 0.6 is 0 Å². The number of nitrogens with zero attached hydrogens (tertiary/aromatic N) is 2. The minimum absolute atomic E-state index is 0.174. The molecule has 0 amide bonds. The van der Waals surface area contributed by atoms with Gasteiger partial charge in [0, 0.05) is 37.6 Å². The third kappa shape index (κ3) is 3.74. The van der Waals surface area contributed by atoms with E-state index in [0.717, 1.165) is 48.7 Å². The Hall–Kier alpha value is -1.56. The van der Waals surface area contributed by atoms with E-state index in [1.165, 1.54) is 0 Å². The van der Waals surface area contributed by atoms with E-state index in [2.05, 4.69) is 48.3 Å². The minimum Gasteiger partial charge on any atom is -0.490 e. The summed E-state index contributed by atoms with van der Waals surface area (Å²) in [6, 6.07) is 8.87. The van der Waals surface area contributed by atoms with Crippen LogP contribution in [0, 0.1) is 0 Å². The molecule has 24 heavy (non-hydrogen) atoms. The van der Waals surface area contributed by atoms with Gasteiger partial charge in [0.1, 0.15) is 5.76 Å². The molecule has 0 spiro atoms. The maximum Gasteiger partial charge on any atom is 0.176 e. The summed E-state index contributed by atoms with van der Waals surface area (Å²) in [5.74, 6) is 1.78. The molecule has 2 heterocycles. The number of hydrogen-bond acceptors (Lipinski definition) is 5. The number of rotatable bonds is 6. The molecule has 132 valence electrons. The lowest BCUT2D eigenvalue weighted by Crippen LogP contribution is -2.53. The Kier molecular flexibility index (Phi) is 5.43. The Balaban J connectivity index is 1.67. The lowest BCUT2D eigenvalue weighted by molar-refractivity contribution is 0.111. The third-order valence-electron chi connectivity index (χ3n) is 4.89. The van der Waals surface area contributed by atoms with Gasteiger partial charge in [-0.05, 0) is 40.1 Å². The van der Waals surface area contributed by atoms with Gasteiger partial charge in [-0.2, -0.15) is 0 Å². The molecule has 1 aliphatic rings. The molecule has 2 aromatic rings. The summed E-state index contributed by atoms with van der Waals surface area (Å²) in [4.78, 5) is 4.83. The molecule has 5 nitrogen and oxygen atoms in total. The SMILES string of the molecule is CCOc1cccc2cc([C@@H](C)NC[C@H]3CN(C)CCN3C)oc12. The largest absolute Gasteiger partial charge is 0.490 e. The average molecular weight is 331 g/mol. The minimum atomic E-state index is 0.174. The molecule has 0 bridgehead atoms. The van der Waals surface area contributed by atoms with E-state index in [0.29, 0.717) is 12.6 Å². The van der Waals surface area contributed by atoms with Crippen LogP contribution in [0.25, 0.3) is 11.0 Å². The molecule has 1 N–H and O–H groups in total. The van der Waals surface area contributed by atoms with Gasteiger partial charge < -0.3 is 19.4 Å². The quantitative estimate of drug-likeness (QED) is 0.881. The van der Waals surface area contributed by atoms with Crippen LogP contribution in [0.15, 0.2) is 28.7 Å². The Morgan fingerprint density at radius 1 is 1.33 bits per heavy atom. The fraction of sp³-hybridized carbons (Fsp3) is 0.579. The number of furan rings is 1. The van der Waals surface area contributed by atoms with E-state index in [1.807, 2.05) is 19.1 Å². The van der Waals surface area contributed by atoms with Crippen molar-refractivity contribution in [2.75, 3.05) is 46.9 Å². The van der Waals surface area contributed by atoms with Crippen LogP contribution in [0.1, 0.15) is 25.6 Å². The van der Waals surface area contributed by atoms with Gasteiger partial charge in [-0.25, -0.2) is 0 Å². The van der Waals surface area contributed by atoms with E-state index in [-0.39, 0.29) is 6.04 Å². The van der Waals surface area contributed by atoms with Gasteiger partial charge >= 0.3 is 0 Å². The van der Waals surface area contributed by atoms with Crippen LogP contribution in [-0.4, -0.2) is 62.7 Å². The Bertz CT molecular complexity index is 670. The van der Waals surface area contributed by atoms with Crippen molar-refractivity contribution in [1.29, 1.82) is 0 Å². The first-order chi connectivity index (χ1) is 11.6. The highest BCUT2D eigenvalue weighted by atomic mass is 16.5. The molecule has 2 atom stereocenters. The topological polar surface area (TPSA) is 40.9 Å². The molecule has 0 aliphatic carbocycles. The molecule has 3 rings (SSSR count). The summed E-state index contributed by atoms with van der Waals surface area (Å²) < 4.78 is 11.8. The summed E-state index contributed by atoms with van der Waals surface area (Å²) in [6.07, 6.45) is 0. The van der Waals surface area contributed by atoms with Gasteiger partial charge in [0.05, 0.1) is 12.6 Å². The number of hydrogen-bond donors (Lipinski definition) is 1. The van der Waals surface area contributed by atoms with Crippen LogP contribution in [0.5, 0.6) is 5.75 Å². The number of benzene rings is 1. The highest BCUT2D eigenvalue weighted by Gasteiger charge is 2.23. The molecular weight excluding hydrogens is 302 g/mol. The second-order valence-electron chi connectivity index (χ2n) is 6.78. The number of likely N-dealkylation sites (N-methyl/N-ethyl adjacent to an activating group) is 2. The van der Waals surface area contributed by atoms with Crippen LogP contribution in [-0.2, 0) is 0 Å². The smallest absolute Gasteiger partial charge is 0.176 e. The molecule has 1 saturated heterocycles. The van der Waals surface area contributed by atoms with Crippen LogP contribution in [0.2, 0.25) is 0 Å². The van der Waals surface area contributed by atoms with E-state index < -0.39 is 0 Å². The molecule has 1 aliphatic heterocycles. The van der Waals surface area contributed by atoms with Crippen molar-refractivity contribution in [3.63, 3.8) is 0 Å². The standard InChI is InChI=1S/C19H29N3O2/c1-5-23-17-8-6-7-15-11-18(24-19(15)17)14(2)20-12-16-13-21(3)9-10-22(16)4/h6-8,11,14,16,20H,5,9-10,12-13H2,1-4H3/t14-,16+/m1/s1. The number of ether oxygens (including phenoxy) is 1. The molecule has 0 radical (unpaired) electrons. The second-order valence-corrected chi connectivity index (χ2v) is 6.78. The van der Waals surface area contributed by atoms with Gasteiger partial charge in [-0.15, -0.1) is 0 Å². The normalized spacial score (nSPS) is 21.2. The molecule has 1 aromatic heterocycles. The van der Waals surface area contributed by atoms with Crippen molar-refractivity contribution in [2.45, 2.75) is 25.9 Å². The highest BCUT2D eigenvalue weighted by Crippen LogP contribution is 2.31. The van der Waals surface area contributed by atoms with Crippen molar-refractivity contribution in [2.24, 2.45) is 0 Å². The first-order valence-electron chi connectivity index (χ1n) is 8.86. The fourth-order valence-corrected chi connectivity index (χ4v) is 3.27. The van der Waals surface area contributed by atoms with Crippen molar-refractivity contribution in [3.05, 3.63) is 30.0 Å². The van der Waals surface area contributed by atoms with E-state index >= 15 is 0 Å². The predicted molar refractivity (Wildman–Crippen MR) is 97.7 cm³/mol. The lowest BCUT2D eigenvalue weighted by atomic mass is 10.1. The predicted octanol–water partition coefficient (Wildman–Crippen LogP) is 2.73. The van der Waals surface area contributed by atoms with Crippen LogP contribution < -0.4 is 10.1 Å². The van der Waals surface area contributed by atoms with Crippen LogP contribution in [0.3, 0.4) is 0 Å². The molecule has 1 aromatic carbocycles. The Labute approximate surface area is 144 Å². The summed E-state index contributed by atoms with van der Waals surface area (Å²) in [5, 5.41) is 4.73. The van der Waals surface area contributed by atoms with Gasteiger partial charge in [-0.3, -0.25) is 4.90 Å². The zero-order valence-electron chi connectivity index (χ0n) is 15.2. The van der Waals surface area contributed by atoms with Gasteiger partial charge in [0.25, 0.3) is 0 Å². The number of nitrogens with one attached hydrogen (secondary N) is 1. The highest BCUT2D eigenvalue weighted by molar-refractivity contribution is 5.83. The zero-order valence-corrected chi connectivity index (χ0v) is 15.2. The molecule has 1 fully saturated rings. The van der Waals surface area contributed by atoms with Crippen molar-refractivity contribution >= 4 is 11.0 Å². The monoisotopic (exact) mass is 331 g/mol. The van der Waals surface area contributed by atoms with Crippen molar-refractivity contribution in [3.8, 4) is 5.75 Å². The maximum atomic E-state index is 6.09. The molecular formula is C19H29N3O2. The van der Waals surface area contributed by atoms with Gasteiger partial charge in [0.15, 0.2) is 11.3 Å². The van der Waals surface area contributed by atoms with Crippen molar-refractivity contribution < 1.29 is 9.15 Å². The first-order valence-corrected chi connectivity index (χ1v) is 8.86. The fourth-order valence-electron chi connectivity index (χ4n) is 3.27. The maximum absolute atomic E-state index is 6.09. The summed E-state index contributed by atoms with van der Waals surface area (Å²) >= 11 is 0. The third-order valence-corrected chi connectivity index (χ3v) is 4.89. The first kappa shape index (κ1) is 17.3. The van der Waals surface area contributed by atoms with E-state index in [9.17, 15) is 0 Å². The summed E-state index contributed by atoms with van der Waals surface area (Å²) in [6.45, 7) is 9.12. The van der Waals surface area contributed by atoms with Crippen LogP contribution in [0.4, 0.5) is 0 Å². The number of para-hydroxylation sites is 1. The second kappa shape index (κ2) is 7.55. The molecule has 0 saturated carbocycles. The molecule has 5 heteroatoms. The van der Waals surface area contributed by atoms with E-state index in [1.54, 1.807) is 0 Å². The molecule has 0 unspecified atom stereocenters. The van der Waals surface area contributed by atoms with Gasteiger partial charge in [0.2, 0.25) is 0 Å². The Morgan fingerprint density at radius 2 is 2.17 bits per heavy atom. The van der Waals surface area contributed by atoms with Crippen molar-refractivity contribution in [1.82, 2.24) is 15.1 Å². The summed E-state index contributed by atoms with van der Waals surface area (Å²) in [7, 11) is 4.40. The van der Waals surface area contributed by atoms with Gasteiger partial charge in [-0.1, -0.05) is 12.1 Å².